The lowest BCUT2D eigenvalue weighted by Crippen LogP contribution is -2.29. The van der Waals surface area contributed by atoms with Crippen molar-refractivity contribution in [2.45, 2.75) is 58.4 Å². The Morgan fingerprint density at radius 3 is 2.59 bits per heavy atom. The van der Waals surface area contributed by atoms with Gasteiger partial charge in [0.05, 0.1) is 41.0 Å². The van der Waals surface area contributed by atoms with Gasteiger partial charge in [0.2, 0.25) is 5.95 Å². The van der Waals surface area contributed by atoms with Gasteiger partial charge in [-0.05, 0) is 56.4 Å². The lowest BCUT2D eigenvalue weighted by Gasteiger charge is -2.23. The van der Waals surface area contributed by atoms with E-state index in [0.29, 0.717) is 47.5 Å². The van der Waals surface area contributed by atoms with Crippen LogP contribution in [0.5, 0.6) is 0 Å². The van der Waals surface area contributed by atoms with E-state index < -0.39 is 0 Å². The van der Waals surface area contributed by atoms with Gasteiger partial charge in [0.25, 0.3) is 5.56 Å². The number of hydrogen-bond acceptors (Lipinski definition) is 9. The molecule has 0 saturated heterocycles. The Balaban J connectivity index is 1.80. The number of nitrogens with one attached hydrogen (secondary N) is 1. The highest BCUT2D eigenvalue weighted by Gasteiger charge is 2.23. The first-order valence-corrected chi connectivity index (χ1v) is 13.9. The minimum atomic E-state index is -0.369. The Labute approximate surface area is 239 Å². The number of carbonyl (C=O) groups excluding carboxylic acids is 1. The number of benzene rings is 2. The van der Waals surface area contributed by atoms with E-state index in [1.54, 1.807) is 17.8 Å². The van der Waals surface area contributed by atoms with Crippen molar-refractivity contribution >= 4 is 34.9 Å². The fourth-order valence-electron chi connectivity index (χ4n) is 4.96. The maximum atomic E-state index is 14.3. The van der Waals surface area contributed by atoms with Crippen LogP contribution in [0.15, 0.2) is 58.3 Å². The van der Waals surface area contributed by atoms with Gasteiger partial charge in [-0.2, -0.15) is 4.98 Å². The minimum Gasteiger partial charge on any atom is -0.469 e. The van der Waals surface area contributed by atoms with Crippen LogP contribution in [0.2, 0.25) is 0 Å². The number of nitrogens with zero attached hydrogens (tertiary/aromatic N) is 5. The summed E-state index contributed by atoms with van der Waals surface area (Å²) in [4.78, 5) is 43.7. The molecule has 3 N–H and O–H groups in total. The summed E-state index contributed by atoms with van der Waals surface area (Å²) in [5, 5.41) is 4.08. The van der Waals surface area contributed by atoms with Crippen molar-refractivity contribution in [2.24, 2.45) is 4.99 Å². The second-order valence-electron chi connectivity index (χ2n) is 9.82. The quantitative estimate of drug-likeness (QED) is 0.142. The predicted molar refractivity (Wildman–Crippen MR) is 163 cm³/mol. The molecule has 1 atom stereocenters. The highest BCUT2D eigenvalue weighted by Crippen LogP contribution is 2.27. The second-order valence-corrected chi connectivity index (χ2v) is 9.82. The summed E-state index contributed by atoms with van der Waals surface area (Å²) in [6.45, 7) is 3.88. The number of nitrogen functional groups attached to an aromatic ring is 1. The van der Waals surface area contributed by atoms with Gasteiger partial charge in [0, 0.05) is 19.7 Å². The van der Waals surface area contributed by atoms with Crippen LogP contribution in [0.4, 0.5) is 11.8 Å². The molecule has 0 aliphatic rings. The summed E-state index contributed by atoms with van der Waals surface area (Å²) in [6, 6.07) is 15.0. The van der Waals surface area contributed by atoms with E-state index in [0.717, 1.165) is 36.1 Å². The van der Waals surface area contributed by atoms with Crippen LogP contribution in [0.25, 0.3) is 16.6 Å². The van der Waals surface area contributed by atoms with Crippen LogP contribution in [-0.4, -0.2) is 45.9 Å². The van der Waals surface area contributed by atoms with E-state index in [2.05, 4.69) is 20.3 Å². The van der Waals surface area contributed by atoms with Crippen LogP contribution in [0, 0.1) is 6.92 Å². The molecule has 0 aliphatic heterocycles. The third-order valence-electron chi connectivity index (χ3n) is 7.02. The van der Waals surface area contributed by atoms with Crippen LogP contribution in [0.3, 0.4) is 0 Å². The zero-order valence-corrected chi connectivity index (χ0v) is 24.1. The van der Waals surface area contributed by atoms with Crippen molar-refractivity contribution in [3.8, 4) is 5.69 Å². The molecular formula is C31H37N7O3. The summed E-state index contributed by atoms with van der Waals surface area (Å²) < 4.78 is 6.42. The number of aliphatic imine (C=N–C) groups is 1. The molecule has 214 valence electrons. The van der Waals surface area contributed by atoms with E-state index in [1.165, 1.54) is 7.11 Å². The molecule has 0 fully saturated rings. The molecule has 0 saturated carbocycles. The third-order valence-corrected chi connectivity index (χ3v) is 7.02. The number of nitrogens with two attached hydrogens (primary N) is 1. The number of esters is 1. The normalized spacial score (nSPS) is 12.1. The van der Waals surface area contributed by atoms with Crippen molar-refractivity contribution in [1.82, 2.24) is 19.5 Å². The fraction of sp³-hybridized carbons (Fsp3) is 0.355. The fourth-order valence-corrected chi connectivity index (χ4v) is 4.96. The molecule has 10 heteroatoms. The van der Waals surface area contributed by atoms with Crippen molar-refractivity contribution in [2.75, 3.05) is 25.2 Å². The Kier molecular flexibility index (Phi) is 9.78. The van der Waals surface area contributed by atoms with Crippen LogP contribution in [0.1, 0.15) is 67.7 Å². The highest BCUT2D eigenvalue weighted by atomic mass is 16.5. The molecule has 0 unspecified atom stereocenters. The number of methoxy groups -OCH3 is 1. The molecule has 4 aromatic rings. The molecule has 2 heterocycles. The molecule has 0 radical (unpaired) electrons. The third kappa shape index (κ3) is 6.77. The molecular weight excluding hydrogens is 518 g/mol. The van der Waals surface area contributed by atoms with E-state index in [4.69, 9.17) is 15.5 Å². The van der Waals surface area contributed by atoms with Crippen molar-refractivity contribution < 1.29 is 9.53 Å². The van der Waals surface area contributed by atoms with Gasteiger partial charge in [-0.3, -0.25) is 19.1 Å². The molecule has 10 nitrogen and oxygen atoms in total. The Hall–Kier alpha value is -4.60. The number of ether oxygens (including phenoxy) is 1. The monoisotopic (exact) mass is 555 g/mol. The van der Waals surface area contributed by atoms with Gasteiger partial charge in [-0.1, -0.05) is 43.7 Å². The van der Waals surface area contributed by atoms with Gasteiger partial charge < -0.3 is 15.8 Å². The standard InChI is InChI=1S/C31H37N7O3/c1-5-24(35-28-23(19-33-3)20(2)34-31(32)37-28)29-36-25-17-12-14-21(13-8-6-11-18-26(39)41-4)27(25)30(40)38(29)22-15-9-7-10-16-22/h7,9-10,12,14-17,19,24H,5-6,8,11,13,18H2,1-4H3,(H3,32,34,35,37)/b33-19+/t24-/m0/s1. The van der Waals surface area contributed by atoms with E-state index >= 15 is 0 Å². The zero-order valence-electron chi connectivity index (χ0n) is 24.1. The molecule has 2 aromatic heterocycles. The van der Waals surface area contributed by atoms with Gasteiger partial charge in [-0.25, -0.2) is 9.97 Å². The number of carbonyl (C=O) groups is 1. The van der Waals surface area contributed by atoms with E-state index in [1.807, 2.05) is 62.4 Å². The average Bonchev–Trinajstić information content (AvgIpc) is 2.97. The average molecular weight is 556 g/mol. The van der Waals surface area contributed by atoms with Crippen LogP contribution >= 0.6 is 0 Å². The minimum absolute atomic E-state index is 0.129. The molecule has 41 heavy (non-hydrogen) atoms. The number of aryl methyl sites for hydroxylation is 2. The Morgan fingerprint density at radius 2 is 1.88 bits per heavy atom. The van der Waals surface area contributed by atoms with Crippen LogP contribution in [-0.2, 0) is 16.0 Å². The number of rotatable bonds is 12. The highest BCUT2D eigenvalue weighted by molar-refractivity contribution is 5.88. The second kappa shape index (κ2) is 13.6. The zero-order chi connectivity index (χ0) is 29.4. The summed E-state index contributed by atoms with van der Waals surface area (Å²) in [6.07, 6.45) is 5.87. The largest absolute Gasteiger partial charge is 0.469 e. The summed E-state index contributed by atoms with van der Waals surface area (Å²) in [5.41, 5.74) is 9.59. The van der Waals surface area contributed by atoms with Gasteiger partial charge >= 0.3 is 5.97 Å². The molecule has 0 bridgehead atoms. The molecule has 0 aliphatic carbocycles. The molecule has 4 rings (SSSR count). The number of para-hydroxylation sites is 1. The topological polar surface area (TPSA) is 137 Å². The number of hydrogen-bond donors (Lipinski definition) is 2. The number of anilines is 2. The van der Waals surface area contributed by atoms with Gasteiger partial charge in [-0.15, -0.1) is 0 Å². The van der Waals surface area contributed by atoms with Gasteiger partial charge in [0.1, 0.15) is 11.6 Å². The Bertz CT molecular complexity index is 1600. The number of unbranched alkanes of at least 4 members (excludes halogenated alkanes) is 2. The number of fused-ring (bicyclic) bond motifs is 1. The predicted octanol–water partition coefficient (Wildman–Crippen LogP) is 4.95. The lowest BCUT2D eigenvalue weighted by atomic mass is 10.0. The van der Waals surface area contributed by atoms with Crippen molar-refractivity contribution in [3.63, 3.8) is 0 Å². The van der Waals surface area contributed by atoms with Crippen molar-refractivity contribution in [3.05, 3.63) is 81.5 Å². The molecule has 0 spiro atoms. The van der Waals surface area contributed by atoms with Crippen molar-refractivity contribution in [1.29, 1.82) is 0 Å². The first-order valence-electron chi connectivity index (χ1n) is 13.9. The van der Waals surface area contributed by atoms with E-state index in [9.17, 15) is 9.59 Å². The van der Waals surface area contributed by atoms with Crippen LogP contribution < -0.4 is 16.6 Å². The Morgan fingerprint density at radius 1 is 1.10 bits per heavy atom. The SMILES string of the molecule is CC[C@H](Nc1nc(N)nc(C)c1/C=N/C)c1nc2cccc(CCCCCC(=O)OC)c2c(=O)n1-c1ccccc1. The lowest BCUT2D eigenvalue weighted by molar-refractivity contribution is -0.140. The maximum absolute atomic E-state index is 14.3. The summed E-state index contributed by atoms with van der Waals surface area (Å²) in [5.74, 6) is 1.05. The number of aromatic nitrogens is 4. The van der Waals surface area contributed by atoms with E-state index in [-0.39, 0.29) is 23.5 Å². The molecule has 0 amide bonds. The molecule has 2 aromatic carbocycles. The first kappa shape index (κ1) is 29.4. The summed E-state index contributed by atoms with van der Waals surface area (Å²) in [7, 11) is 3.09. The van der Waals surface area contributed by atoms with Gasteiger partial charge in [0.15, 0.2) is 0 Å². The first-order chi connectivity index (χ1) is 19.9. The smallest absolute Gasteiger partial charge is 0.305 e. The summed E-state index contributed by atoms with van der Waals surface area (Å²) >= 11 is 0. The maximum Gasteiger partial charge on any atom is 0.305 e.